The van der Waals surface area contributed by atoms with Crippen molar-refractivity contribution in [2.45, 2.75) is 12.7 Å². The van der Waals surface area contributed by atoms with Crippen LogP contribution in [0.4, 0.5) is 27.8 Å². The summed E-state index contributed by atoms with van der Waals surface area (Å²) >= 11 is 0. The zero-order valence-corrected chi connectivity index (χ0v) is 13.3. The molecule has 2 N–H and O–H groups in total. The maximum absolute atomic E-state index is 13.2. The van der Waals surface area contributed by atoms with E-state index in [1.54, 1.807) is 0 Å². The molecule has 3 aromatic rings. The summed E-state index contributed by atoms with van der Waals surface area (Å²) in [5, 5.41) is 11.8. The van der Waals surface area contributed by atoms with Gasteiger partial charge in [0.15, 0.2) is 23.1 Å². The number of carbonyl (C=O) groups is 1. The summed E-state index contributed by atoms with van der Waals surface area (Å²) < 4.78 is 64.7. The predicted octanol–water partition coefficient (Wildman–Crippen LogP) is 4.24. The van der Waals surface area contributed by atoms with Crippen molar-refractivity contribution in [3.8, 4) is 0 Å². The first-order chi connectivity index (χ1) is 12.6. The Hall–Kier alpha value is -3.30. The zero-order chi connectivity index (χ0) is 19.8. The molecule has 0 fully saturated rings. The summed E-state index contributed by atoms with van der Waals surface area (Å²) in [4.78, 5) is 19.1. The van der Waals surface area contributed by atoms with E-state index in [-0.39, 0.29) is 29.0 Å². The molecule has 0 atom stereocenters. The highest BCUT2D eigenvalue weighted by molar-refractivity contribution is 5.94. The SMILES string of the molecule is O=C(O)c1nc2ccc(C(F)(F)F)cc2nc1NCc1ccc(F)c(F)c1. The minimum Gasteiger partial charge on any atom is -0.476 e. The van der Waals surface area contributed by atoms with Crippen molar-refractivity contribution in [3.05, 3.63) is 64.9 Å². The van der Waals surface area contributed by atoms with Gasteiger partial charge in [0.1, 0.15) is 0 Å². The third-order valence-electron chi connectivity index (χ3n) is 3.64. The molecule has 0 radical (unpaired) electrons. The van der Waals surface area contributed by atoms with E-state index in [0.29, 0.717) is 0 Å². The van der Waals surface area contributed by atoms with E-state index in [2.05, 4.69) is 15.3 Å². The summed E-state index contributed by atoms with van der Waals surface area (Å²) in [6.45, 7) is -0.142. The summed E-state index contributed by atoms with van der Waals surface area (Å²) in [6.07, 6.45) is -4.60. The van der Waals surface area contributed by atoms with E-state index < -0.39 is 35.0 Å². The second kappa shape index (κ2) is 6.78. The maximum Gasteiger partial charge on any atom is 0.416 e. The van der Waals surface area contributed by atoms with Gasteiger partial charge in [-0.3, -0.25) is 0 Å². The molecule has 0 aliphatic heterocycles. The molecule has 0 bridgehead atoms. The normalized spacial score (nSPS) is 11.6. The Kier molecular flexibility index (Phi) is 4.64. The van der Waals surface area contributed by atoms with Gasteiger partial charge in [-0.15, -0.1) is 0 Å². The summed E-state index contributed by atoms with van der Waals surface area (Å²) in [6, 6.07) is 5.61. The Morgan fingerprint density at radius 1 is 1.00 bits per heavy atom. The number of carboxylic acid groups (broad SMARTS) is 1. The van der Waals surface area contributed by atoms with Crippen LogP contribution in [0.5, 0.6) is 0 Å². The molecule has 0 aliphatic carbocycles. The van der Waals surface area contributed by atoms with Crippen LogP contribution in [0.1, 0.15) is 21.6 Å². The zero-order valence-electron chi connectivity index (χ0n) is 13.3. The number of aromatic carboxylic acids is 1. The van der Waals surface area contributed by atoms with Gasteiger partial charge in [-0.2, -0.15) is 13.2 Å². The fourth-order valence-electron chi connectivity index (χ4n) is 2.34. The van der Waals surface area contributed by atoms with Crippen LogP contribution in [0.2, 0.25) is 0 Å². The smallest absolute Gasteiger partial charge is 0.416 e. The molecular formula is C17H10F5N3O2. The molecule has 0 saturated carbocycles. The van der Waals surface area contributed by atoms with Gasteiger partial charge in [0, 0.05) is 6.54 Å². The molecule has 3 rings (SSSR count). The number of nitrogens with zero attached hydrogens (tertiary/aromatic N) is 2. The van der Waals surface area contributed by atoms with Crippen LogP contribution < -0.4 is 5.32 Å². The van der Waals surface area contributed by atoms with E-state index in [1.165, 1.54) is 6.07 Å². The second-order valence-electron chi connectivity index (χ2n) is 5.53. The summed E-state index contributed by atoms with van der Waals surface area (Å²) in [7, 11) is 0. The topological polar surface area (TPSA) is 75.1 Å². The average molecular weight is 383 g/mol. The molecule has 10 heteroatoms. The Labute approximate surface area is 148 Å². The highest BCUT2D eigenvalue weighted by atomic mass is 19.4. The Balaban J connectivity index is 1.99. The van der Waals surface area contributed by atoms with Gasteiger partial charge in [-0.1, -0.05) is 6.07 Å². The fourth-order valence-corrected chi connectivity index (χ4v) is 2.34. The molecule has 140 valence electrons. The highest BCUT2D eigenvalue weighted by Gasteiger charge is 2.31. The second-order valence-corrected chi connectivity index (χ2v) is 5.53. The molecule has 1 aromatic heterocycles. The van der Waals surface area contributed by atoms with Crippen molar-refractivity contribution in [3.63, 3.8) is 0 Å². The third kappa shape index (κ3) is 3.94. The monoisotopic (exact) mass is 383 g/mol. The fraction of sp³-hybridized carbons (Fsp3) is 0.118. The molecular weight excluding hydrogens is 373 g/mol. The average Bonchev–Trinajstić information content (AvgIpc) is 2.60. The van der Waals surface area contributed by atoms with Crippen molar-refractivity contribution < 1.29 is 31.9 Å². The van der Waals surface area contributed by atoms with E-state index in [9.17, 15) is 31.9 Å². The summed E-state index contributed by atoms with van der Waals surface area (Å²) in [5.41, 5.74) is -1.39. The number of hydrogen-bond donors (Lipinski definition) is 2. The molecule has 0 spiro atoms. The maximum atomic E-state index is 13.2. The molecule has 0 saturated heterocycles. The van der Waals surface area contributed by atoms with Crippen LogP contribution in [0, 0.1) is 11.6 Å². The van der Waals surface area contributed by atoms with Crippen LogP contribution in [0.3, 0.4) is 0 Å². The lowest BCUT2D eigenvalue weighted by atomic mass is 10.2. The number of carboxylic acids is 1. The first-order valence-corrected chi connectivity index (χ1v) is 7.45. The van der Waals surface area contributed by atoms with E-state index in [0.717, 1.165) is 30.3 Å². The molecule has 0 amide bonds. The highest BCUT2D eigenvalue weighted by Crippen LogP contribution is 2.31. The number of hydrogen-bond acceptors (Lipinski definition) is 4. The van der Waals surface area contributed by atoms with Crippen LogP contribution in [0.25, 0.3) is 11.0 Å². The minimum absolute atomic E-state index is 0.0289. The van der Waals surface area contributed by atoms with E-state index in [4.69, 9.17) is 0 Å². The van der Waals surface area contributed by atoms with Gasteiger partial charge in [-0.05, 0) is 35.9 Å². The lowest BCUT2D eigenvalue weighted by Gasteiger charge is -2.11. The van der Waals surface area contributed by atoms with Crippen molar-refractivity contribution in [2.75, 3.05) is 5.32 Å². The lowest BCUT2D eigenvalue weighted by Crippen LogP contribution is -2.12. The van der Waals surface area contributed by atoms with Gasteiger partial charge in [-0.25, -0.2) is 23.5 Å². The number of rotatable bonds is 4. The largest absolute Gasteiger partial charge is 0.476 e. The molecule has 5 nitrogen and oxygen atoms in total. The standard InChI is InChI=1S/C17H10F5N3O2/c18-10-3-1-8(5-11(10)19)7-23-15-14(16(26)27)24-12-4-2-9(17(20,21)22)6-13(12)25-15/h1-6H,7H2,(H,23,25)(H,26,27). The molecule has 1 heterocycles. The van der Waals surface area contributed by atoms with Gasteiger partial charge < -0.3 is 10.4 Å². The van der Waals surface area contributed by atoms with Crippen molar-refractivity contribution in [1.82, 2.24) is 9.97 Å². The number of nitrogens with one attached hydrogen (secondary N) is 1. The van der Waals surface area contributed by atoms with Crippen molar-refractivity contribution in [1.29, 1.82) is 0 Å². The first-order valence-electron chi connectivity index (χ1n) is 7.45. The quantitative estimate of drug-likeness (QED) is 0.660. The van der Waals surface area contributed by atoms with E-state index >= 15 is 0 Å². The Bertz CT molecular complexity index is 1040. The third-order valence-corrected chi connectivity index (χ3v) is 3.64. The van der Waals surface area contributed by atoms with Gasteiger partial charge in [0.25, 0.3) is 0 Å². The minimum atomic E-state index is -4.60. The lowest BCUT2D eigenvalue weighted by molar-refractivity contribution is -0.137. The van der Waals surface area contributed by atoms with E-state index in [1.807, 2.05) is 0 Å². The molecule has 0 aliphatic rings. The number of fused-ring (bicyclic) bond motifs is 1. The molecule has 2 aromatic carbocycles. The number of halogens is 5. The van der Waals surface area contributed by atoms with Gasteiger partial charge >= 0.3 is 12.1 Å². The van der Waals surface area contributed by atoms with Crippen molar-refractivity contribution >= 4 is 22.8 Å². The number of alkyl halides is 3. The summed E-state index contributed by atoms with van der Waals surface area (Å²) in [5.74, 6) is -3.88. The Morgan fingerprint density at radius 3 is 2.37 bits per heavy atom. The number of anilines is 1. The molecule has 27 heavy (non-hydrogen) atoms. The number of benzene rings is 2. The van der Waals surface area contributed by atoms with Crippen LogP contribution >= 0.6 is 0 Å². The van der Waals surface area contributed by atoms with Crippen molar-refractivity contribution in [2.24, 2.45) is 0 Å². The van der Waals surface area contributed by atoms with Gasteiger partial charge in [0.05, 0.1) is 16.6 Å². The first kappa shape index (κ1) is 18.5. The predicted molar refractivity (Wildman–Crippen MR) is 85.2 cm³/mol. The Morgan fingerprint density at radius 2 is 1.74 bits per heavy atom. The van der Waals surface area contributed by atoms with Crippen LogP contribution in [-0.2, 0) is 12.7 Å². The van der Waals surface area contributed by atoms with Crippen LogP contribution in [0.15, 0.2) is 36.4 Å². The molecule has 0 unspecified atom stereocenters. The number of aromatic nitrogens is 2. The van der Waals surface area contributed by atoms with Gasteiger partial charge in [0.2, 0.25) is 0 Å². The van der Waals surface area contributed by atoms with Crippen LogP contribution in [-0.4, -0.2) is 21.0 Å².